The first-order valence-corrected chi connectivity index (χ1v) is 6.69. The molecule has 1 N–H and O–H groups in total. The molecule has 0 unspecified atom stereocenters. The lowest BCUT2D eigenvalue weighted by molar-refractivity contribution is 0.355. The second kappa shape index (κ2) is 6.05. The van der Waals surface area contributed by atoms with Crippen molar-refractivity contribution in [3.05, 3.63) is 12.4 Å². The van der Waals surface area contributed by atoms with E-state index in [-0.39, 0.29) is 0 Å². The molecule has 4 nitrogen and oxygen atoms in total. The van der Waals surface area contributed by atoms with Crippen molar-refractivity contribution in [2.45, 2.75) is 38.1 Å². The fraction of sp³-hybridized carbons (Fsp3) is 0.769. The van der Waals surface area contributed by atoms with Gasteiger partial charge >= 0.3 is 0 Å². The highest BCUT2D eigenvalue weighted by atomic mass is 15.2. The van der Waals surface area contributed by atoms with Crippen molar-refractivity contribution in [1.29, 1.82) is 0 Å². The Kier molecular flexibility index (Phi) is 4.42. The molecule has 0 spiro atoms. The molecule has 1 aromatic rings. The van der Waals surface area contributed by atoms with Crippen molar-refractivity contribution in [3.63, 3.8) is 0 Å². The minimum atomic E-state index is 0.660. The summed E-state index contributed by atoms with van der Waals surface area (Å²) in [5.41, 5.74) is 0. The molecule has 1 aromatic heterocycles. The second-order valence-electron chi connectivity index (χ2n) is 5.18. The maximum absolute atomic E-state index is 4.42. The molecule has 1 aliphatic carbocycles. The Balaban J connectivity index is 1.91. The predicted octanol–water partition coefficient (Wildman–Crippen LogP) is 2.36. The number of anilines is 1. The quantitative estimate of drug-likeness (QED) is 0.852. The van der Waals surface area contributed by atoms with E-state index in [4.69, 9.17) is 0 Å². The number of hydrogen-bond acceptors (Lipinski definition) is 3. The van der Waals surface area contributed by atoms with Gasteiger partial charge < -0.3 is 14.8 Å². The van der Waals surface area contributed by atoms with Gasteiger partial charge in [0.1, 0.15) is 0 Å². The van der Waals surface area contributed by atoms with Crippen LogP contribution in [-0.4, -0.2) is 41.6 Å². The van der Waals surface area contributed by atoms with Crippen LogP contribution in [0.4, 0.5) is 5.95 Å². The molecule has 96 valence electrons. The molecule has 0 aromatic carbocycles. The van der Waals surface area contributed by atoms with Crippen LogP contribution in [0.5, 0.6) is 0 Å². The van der Waals surface area contributed by atoms with E-state index in [0.29, 0.717) is 6.04 Å². The predicted molar refractivity (Wildman–Crippen MR) is 71.4 cm³/mol. The van der Waals surface area contributed by atoms with Gasteiger partial charge in [0, 0.05) is 31.5 Å². The van der Waals surface area contributed by atoms with Gasteiger partial charge in [0.2, 0.25) is 5.95 Å². The van der Waals surface area contributed by atoms with Crippen LogP contribution in [0, 0.1) is 0 Å². The summed E-state index contributed by atoms with van der Waals surface area (Å²) in [5.74, 6) is 1.04. The molecule has 0 bridgehead atoms. The smallest absolute Gasteiger partial charge is 0.203 e. The van der Waals surface area contributed by atoms with E-state index in [9.17, 15) is 0 Å². The Hall–Kier alpha value is -1.03. The van der Waals surface area contributed by atoms with Gasteiger partial charge in [-0.1, -0.05) is 19.3 Å². The summed E-state index contributed by atoms with van der Waals surface area (Å²) in [4.78, 5) is 6.60. The van der Waals surface area contributed by atoms with Gasteiger partial charge in [-0.15, -0.1) is 0 Å². The van der Waals surface area contributed by atoms with Crippen LogP contribution >= 0.6 is 0 Å². The summed E-state index contributed by atoms with van der Waals surface area (Å²) in [5, 5.41) is 3.43. The van der Waals surface area contributed by atoms with E-state index >= 15 is 0 Å². The van der Waals surface area contributed by atoms with Gasteiger partial charge in [-0.25, -0.2) is 4.98 Å². The number of rotatable bonds is 5. The lowest BCUT2D eigenvalue weighted by atomic mass is 9.95. The highest BCUT2D eigenvalue weighted by molar-refractivity contribution is 5.26. The fourth-order valence-electron chi connectivity index (χ4n) is 2.50. The molecule has 17 heavy (non-hydrogen) atoms. The molecule has 1 fully saturated rings. The molecule has 0 saturated heterocycles. The first kappa shape index (κ1) is 12.4. The number of imidazole rings is 1. The Bertz CT molecular complexity index is 326. The van der Waals surface area contributed by atoms with E-state index in [2.05, 4.69) is 40.1 Å². The molecular weight excluding hydrogens is 212 g/mol. The van der Waals surface area contributed by atoms with Crippen molar-refractivity contribution >= 4 is 5.95 Å². The SMILES string of the molecule is CN(C)CCNc1nccn1C1CCCCC1. The van der Waals surface area contributed by atoms with Gasteiger partial charge in [0.25, 0.3) is 0 Å². The summed E-state index contributed by atoms with van der Waals surface area (Å²) in [7, 11) is 4.19. The van der Waals surface area contributed by atoms with Crippen LogP contribution < -0.4 is 5.32 Å². The number of hydrogen-bond donors (Lipinski definition) is 1. The van der Waals surface area contributed by atoms with E-state index in [1.807, 2.05) is 6.20 Å². The molecule has 4 heteroatoms. The van der Waals surface area contributed by atoms with Crippen LogP contribution in [0.3, 0.4) is 0 Å². The Morgan fingerprint density at radius 3 is 2.82 bits per heavy atom. The first-order valence-electron chi connectivity index (χ1n) is 6.69. The van der Waals surface area contributed by atoms with Crippen LogP contribution in [0.25, 0.3) is 0 Å². The highest BCUT2D eigenvalue weighted by Crippen LogP contribution is 2.29. The van der Waals surface area contributed by atoms with Gasteiger partial charge in [-0.3, -0.25) is 0 Å². The minimum Gasteiger partial charge on any atom is -0.354 e. The molecule has 1 aliphatic rings. The number of nitrogens with zero attached hydrogens (tertiary/aromatic N) is 3. The first-order chi connectivity index (χ1) is 8.27. The fourth-order valence-corrected chi connectivity index (χ4v) is 2.50. The topological polar surface area (TPSA) is 33.1 Å². The summed E-state index contributed by atoms with van der Waals surface area (Å²) in [6, 6.07) is 0.660. The third-order valence-corrected chi connectivity index (χ3v) is 3.48. The molecule has 0 radical (unpaired) electrons. The number of aromatic nitrogens is 2. The summed E-state index contributed by atoms with van der Waals surface area (Å²) in [6.07, 6.45) is 10.8. The Morgan fingerprint density at radius 2 is 2.12 bits per heavy atom. The zero-order valence-corrected chi connectivity index (χ0v) is 11.0. The molecular formula is C13H24N4. The normalized spacial score (nSPS) is 17.6. The zero-order valence-electron chi connectivity index (χ0n) is 11.0. The molecule has 0 atom stereocenters. The lowest BCUT2D eigenvalue weighted by Crippen LogP contribution is -2.23. The largest absolute Gasteiger partial charge is 0.354 e. The average molecular weight is 236 g/mol. The van der Waals surface area contributed by atoms with Crippen LogP contribution in [0.15, 0.2) is 12.4 Å². The Morgan fingerprint density at radius 1 is 1.35 bits per heavy atom. The lowest BCUT2D eigenvalue weighted by Gasteiger charge is -2.25. The van der Waals surface area contributed by atoms with Crippen molar-refractivity contribution in [2.75, 3.05) is 32.5 Å². The maximum atomic E-state index is 4.42. The monoisotopic (exact) mass is 236 g/mol. The van der Waals surface area contributed by atoms with Crippen molar-refractivity contribution in [3.8, 4) is 0 Å². The van der Waals surface area contributed by atoms with Crippen molar-refractivity contribution in [2.24, 2.45) is 0 Å². The molecule has 0 aliphatic heterocycles. The van der Waals surface area contributed by atoms with Crippen LogP contribution in [-0.2, 0) is 0 Å². The third-order valence-electron chi connectivity index (χ3n) is 3.48. The molecule has 1 saturated carbocycles. The van der Waals surface area contributed by atoms with Crippen LogP contribution in [0.2, 0.25) is 0 Å². The third kappa shape index (κ3) is 3.46. The van der Waals surface area contributed by atoms with Gasteiger partial charge in [0.05, 0.1) is 0 Å². The molecule has 2 rings (SSSR count). The number of likely N-dealkylation sites (N-methyl/N-ethyl adjacent to an activating group) is 1. The van der Waals surface area contributed by atoms with E-state index in [0.717, 1.165) is 19.0 Å². The number of nitrogens with one attached hydrogen (secondary N) is 1. The highest BCUT2D eigenvalue weighted by Gasteiger charge is 2.17. The van der Waals surface area contributed by atoms with Gasteiger partial charge in [0.15, 0.2) is 0 Å². The van der Waals surface area contributed by atoms with Crippen LogP contribution in [0.1, 0.15) is 38.1 Å². The average Bonchev–Trinajstić information content (AvgIpc) is 2.78. The molecule has 1 heterocycles. The summed E-state index contributed by atoms with van der Waals surface area (Å²) < 4.78 is 2.33. The second-order valence-corrected chi connectivity index (χ2v) is 5.18. The minimum absolute atomic E-state index is 0.660. The standard InChI is InChI=1S/C13H24N4/c1-16(2)10-8-14-13-15-9-11-17(13)12-6-4-3-5-7-12/h9,11-12H,3-8,10H2,1-2H3,(H,14,15). The summed E-state index contributed by atoms with van der Waals surface area (Å²) >= 11 is 0. The van der Waals surface area contributed by atoms with E-state index in [1.165, 1.54) is 32.1 Å². The van der Waals surface area contributed by atoms with Crippen molar-refractivity contribution < 1.29 is 0 Å². The van der Waals surface area contributed by atoms with E-state index < -0.39 is 0 Å². The summed E-state index contributed by atoms with van der Waals surface area (Å²) in [6.45, 7) is 1.99. The van der Waals surface area contributed by atoms with Crippen molar-refractivity contribution in [1.82, 2.24) is 14.5 Å². The zero-order chi connectivity index (χ0) is 12.1. The van der Waals surface area contributed by atoms with Gasteiger partial charge in [-0.2, -0.15) is 0 Å². The molecule has 0 amide bonds. The van der Waals surface area contributed by atoms with E-state index in [1.54, 1.807) is 0 Å². The van der Waals surface area contributed by atoms with Gasteiger partial charge in [-0.05, 0) is 26.9 Å². The maximum Gasteiger partial charge on any atom is 0.203 e. The Labute approximate surface area is 104 Å².